The van der Waals surface area contributed by atoms with Gasteiger partial charge < -0.3 is 85.3 Å². The number of ether oxygens (including phenoxy) is 4. The molecule has 4 aliphatic heterocycles. The summed E-state index contributed by atoms with van der Waals surface area (Å²) in [5.41, 5.74) is 9.73. The van der Waals surface area contributed by atoms with Gasteiger partial charge in [0.2, 0.25) is 17.7 Å². The van der Waals surface area contributed by atoms with Gasteiger partial charge >= 0.3 is 30.3 Å². The minimum absolute atomic E-state index is 0.00656. The van der Waals surface area contributed by atoms with Crippen LogP contribution in [0.4, 0.5) is 36.7 Å². The van der Waals surface area contributed by atoms with E-state index in [9.17, 15) is 55.2 Å². The summed E-state index contributed by atoms with van der Waals surface area (Å²) in [4.78, 5) is 137. The fraction of sp³-hybridized carbons (Fsp3) is 0.458. The number of alkyl carbamates (subject to hydrolysis) is 4. The molecule has 4 saturated heterocycles. The van der Waals surface area contributed by atoms with Gasteiger partial charge in [-0.05, 0) is 205 Å². The number of aromatic nitrogens is 8. The van der Waals surface area contributed by atoms with Gasteiger partial charge in [0.05, 0.1) is 110 Å². The normalized spacial score (nSPS) is 22.5. The summed E-state index contributed by atoms with van der Waals surface area (Å²) in [6, 6.07) is 27.0. The number of fused-ring (bicyclic) bond motifs is 12. The molecule has 33 nitrogen and oxygen atoms in total. The first kappa shape index (κ1) is 92.7. The number of carbonyl (C=O) groups is 8. The molecule has 8 fully saturated rings. The number of H-pyrrole nitrogens is 4. The molecule has 6 aromatic carbocycles. The summed E-state index contributed by atoms with van der Waals surface area (Å²) in [7, 11) is -2.42. The molecule has 135 heavy (non-hydrogen) atoms. The van der Waals surface area contributed by atoms with Gasteiger partial charge in [-0.15, -0.1) is 0 Å². The van der Waals surface area contributed by atoms with Crippen LogP contribution in [0.5, 0.6) is 0 Å². The third-order valence-electron chi connectivity index (χ3n) is 28.7. The summed E-state index contributed by atoms with van der Waals surface area (Å²) < 4.78 is 131. The van der Waals surface area contributed by atoms with Crippen LogP contribution in [0, 0.1) is 34.5 Å². The van der Waals surface area contributed by atoms with Crippen molar-refractivity contribution in [1.29, 1.82) is 0 Å². The average Bonchev–Trinajstić information content (AvgIpc) is 1.57. The zero-order valence-electron chi connectivity index (χ0n) is 75.9. The Bertz CT molecular complexity index is 6690. The topological polar surface area (TPSA) is 447 Å². The van der Waals surface area contributed by atoms with E-state index in [1.807, 2.05) is 86.4 Å². The van der Waals surface area contributed by atoms with E-state index < -0.39 is 109 Å². The number of aliphatic carboxylic acids is 1. The summed E-state index contributed by atoms with van der Waals surface area (Å²) in [6.45, 7) is 8.61. The number of nitrogens with one attached hydrogen (secondary N) is 9. The number of carboxylic acids is 1. The molecule has 0 radical (unpaired) electrons. The minimum Gasteiger partial charge on any atom is -0.480 e. The van der Waals surface area contributed by atoms with Crippen LogP contribution in [0.2, 0.25) is 0 Å². The lowest BCUT2D eigenvalue weighted by atomic mass is 9.97. The summed E-state index contributed by atoms with van der Waals surface area (Å²) >= 11 is 0. The molecular formula is C96H106F4N16O17S2. The highest BCUT2D eigenvalue weighted by Gasteiger charge is 2.58. The first-order chi connectivity index (χ1) is 64.1. The van der Waals surface area contributed by atoms with Crippen LogP contribution in [-0.4, -0.2) is 226 Å². The predicted molar refractivity (Wildman–Crippen MR) is 488 cm³/mol. The monoisotopic (exact) mass is 1890 g/mol. The van der Waals surface area contributed by atoms with Crippen LogP contribution in [0.1, 0.15) is 174 Å². The first-order valence-corrected chi connectivity index (χ1v) is 49.4. The van der Waals surface area contributed by atoms with Gasteiger partial charge in [-0.1, -0.05) is 88.4 Å². The van der Waals surface area contributed by atoms with Gasteiger partial charge in [0.25, 0.3) is 11.8 Å². The van der Waals surface area contributed by atoms with Crippen molar-refractivity contribution in [2.45, 2.75) is 177 Å². The number of nitrogens with zero attached hydrogens (tertiary/aromatic N) is 7. The van der Waals surface area contributed by atoms with Crippen molar-refractivity contribution >= 4 is 89.8 Å². The number of hydrogen-bond donors (Lipinski definition) is 10. The van der Waals surface area contributed by atoms with E-state index in [0.29, 0.717) is 122 Å². The Morgan fingerprint density at radius 1 is 0.474 bits per heavy atom. The van der Waals surface area contributed by atoms with Gasteiger partial charge in [-0.25, -0.2) is 60.7 Å². The number of sulfone groups is 2. The second kappa shape index (κ2) is 35.2. The molecule has 10 N–H and O–H groups in total. The quantitative estimate of drug-likeness (QED) is 0.0222. The number of likely N-dealkylation sites (tertiary alicyclic amines) is 3. The van der Waals surface area contributed by atoms with E-state index in [1.165, 1.54) is 45.6 Å². The predicted octanol–water partition coefficient (Wildman–Crippen LogP) is 13.8. The molecule has 12 atom stereocenters. The highest BCUT2D eigenvalue weighted by Crippen LogP contribution is 2.61. The Morgan fingerprint density at radius 2 is 0.867 bits per heavy atom. The molecule has 6 aliphatic carbocycles. The molecule has 4 bridgehead atoms. The van der Waals surface area contributed by atoms with Crippen LogP contribution in [0.15, 0.2) is 122 Å². The molecule has 10 aromatic rings. The highest BCUT2D eigenvalue weighted by atomic mass is 32.2. The maximum Gasteiger partial charge on any atom is 0.407 e. The van der Waals surface area contributed by atoms with Gasteiger partial charge in [0.15, 0.2) is 0 Å². The molecule has 39 heteroatoms. The van der Waals surface area contributed by atoms with E-state index in [-0.39, 0.29) is 86.8 Å². The molecule has 7 amide bonds. The van der Waals surface area contributed by atoms with E-state index in [4.69, 9.17) is 34.3 Å². The molecule has 2 spiro atoms. The van der Waals surface area contributed by atoms with Crippen molar-refractivity contribution in [2.75, 3.05) is 65.5 Å². The van der Waals surface area contributed by atoms with E-state index in [0.717, 1.165) is 99.7 Å². The van der Waals surface area contributed by atoms with E-state index in [1.54, 1.807) is 70.7 Å². The molecule has 4 aromatic heterocycles. The van der Waals surface area contributed by atoms with E-state index in [2.05, 4.69) is 50.9 Å². The number of hydrogen-bond acceptors (Lipinski definition) is 21. The first-order valence-electron chi connectivity index (χ1n) is 45.2. The number of carboxylic acid groups (broad SMARTS) is 1. The van der Waals surface area contributed by atoms with Crippen LogP contribution in [0.3, 0.4) is 0 Å². The van der Waals surface area contributed by atoms with E-state index >= 15 is 17.6 Å². The number of benzene rings is 6. The number of rotatable bonds is 22. The van der Waals surface area contributed by atoms with Gasteiger partial charge in [0.1, 0.15) is 67.1 Å². The SMILES string of the molecule is COC(=O)N[C@@H](CS(C)(=O)=O)C(=O)N1[C@@H]2CC[C@@H](C2)[C@H]1c1nc2ccc(-c3ccc4c(c3)C(F)(F)c3cc(-c5cnc([C@@H]6CC7(CC7)CN6C(=O)[C@@H](NC(=O)OC)C(C)C)[nH]5)ccc3-4)cc2[nH]1.COC(=O)N[C@@H](CS(C)(=O)=O)C(=O)O.COC(=O)N[C@H](C(=O)N1CC2(CC2)C[C@H]1c1ncc(-c2ccc3c(c2)C(F)(F)c2cc(-c4ccc5nc([C@H]6N[C@@H]7CC[C@H]6C7)[nH]c5c4)ccc2-3)[nH]1)C(C)C. The molecule has 0 unspecified atom stereocenters. The smallest absolute Gasteiger partial charge is 0.407 e. The summed E-state index contributed by atoms with van der Waals surface area (Å²) in [5.74, 6) is -7.19. The molecule has 10 aliphatic rings. The third-order valence-corrected chi connectivity index (χ3v) is 30.5. The molecule has 20 rings (SSSR count). The number of amides is 7. The van der Waals surface area contributed by atoms with Crippen molar-refractivity contribution in [3.05, 3.63) is 167 Å². The number of aromatic amines is 4. The Hall–Kier alpha value is -12.8. The summed E-state index contributed by atoms with van der Waals surface area (Å²) in [6.07, 6.45) is 13.3. The van der Waals surface area contributed by atoms with Crippen LogP contribution in [0.25, 0.3) is 89.1 Å². The lowest BCUT2D eigenvalue weighted by molar-refractivity contribution is -0.139. The standard InChI is InChI=1S/C48H52F2N8O8S.C42H43F2N7O3.C6H11NO6S/c1-24(2)39(56-46(62)66-4)44(60)57-23-47(14-15-47)20-38(57)41-51-21-36(54-41)27-8-12-31-30-11-7-25(17-32(30)48(49,50)33(31)18-27)26-9-13-34-35(19-26)53-42(52-34)40-28-6-10-29(16-28)58(40)43(59)37(22-67(5,63)64)55-45(61)65-3;1-21(2)35(50-40(53)54-3)39(52)51-20-41(12-13-41)18-34(51)37-45-19-33(49-37)24-6-10-28-27-9-5-22(15-29(27)42(43,44)30(28)16-24)23-7-11-31-32(17-23)48-38(47-31)36-25-4-8-26(14-25)46-36;1-13-6(10)7-4(5(8)9)3-14(2,11)12/h7-9,11-13,17-19,21,24,28-29,37-40H,6,10,14-16,20,22-23H2,1-5H3,(H,51,54)(H,52,53)(H,55,61)(H,56,62);5-7,9-11,15-17,19,21,25-26,34-36,46H,4,8,12-14,18,20H2,1-3H3,(H,45,49)(H,47,48)(H,50,53);4H,3H2,1-2H3,(H,7,10)(H,8,9)/t28-,29+,37-,38-,39-,40-;25-,26+,34-,35-,36-;4-/m000/s1. The molecule has 4 saturated carbocycles. The number of imidazole rings is 4. The maximum absolute atomic E-state index is 16.7. The second-order valence-corrected chi connectivity index (χ2v) is 43.0. The van der Waals surface area contributed by atoms with Crippen molar-refractivity contribution in [1.82, 2.24) is 81.2 Å². The van der Waals surface area contributed by atoms with Crippen LogP contribution in [-0.2, 0) is 69.6 Å². The van der Waals surface area contributed by atoms with Crippen LogP contribution >= 0.6 is 0 Å². The zero-order chi connectivity index (χ0) is 95.8. The van der Waals surface area contributed by atoms with Gasteiger partial charge in [-0.2, -0.15) is 17.6 Å². The number of halogens is 4. The molecule has 8 heterocycles. The number of methoxy groups -OCH3 is 4. The number of carbonyl (C=O) groups excluding carboxylic acids is 7. The van der Waals surface area contributed by atoms with Crippen molar-refractivity contribution in [3.63, 3.8) is 0 Å². The minimum atomic E-state index is -3.67. The lowest BCUT2D eigenvalue weighted by Gasteiger charge is -2.36. The van der Waals surface area contributed by atoms with Crippen molar-refractivity contribution < 1.29 is 96.8 Å². The Morgan fingerprint density at radius 3 is 1.27 bits per heavy atom. The number of alkyl halides is 4. The highest BCUT2D eigenvalue weighted by molar-refractivity contribution is 7.91. The largest absolute Gasteiger partial charge is 0.480 e. The second-order valence-electron chi connectivity index (χ2n) is 38.6. The Balaban J connectivity index is 0.000000160. The third kappa shape index (κ3) is 18.0. The summed E-state index contributed by atoms with van der Waals surface area (Å²) in [5, 5.41) is 21.9. The molecular weight excluding hydrogens is 1790 g/mol. The maximum atomic E-state index is 16.7. The van der Waals surface area contributed by atoms with Gasteiger partial charge in [-0.3, -0.25) is 14.4 Å². The molecule has 712 valence electrons. The average molecular weight is 1900 g/mol. The van der Waals surface area contributed by atoms with Crippen molar-refractivity contribution in [2.24, 2.45) is 34.5 Å². The Kier molecular flexibility index (Phi) is 24.1. The van der Waals surface area contributed by atoms with Gasteiger partial charge in [0, 0.05) is 71.1 Å². The fourth-order valence-corrected chi connectivity index (χ4v) is 23.1. The van der Waals surface area contributed by atoms with Crippen LogP contribution < -0.4 is 26.6 Å². The Labute approximate surface area is 774 Å². The number of piperidine rings is 2. The lowest BCUT2D eigenvalue weighted by Crippen LogP contribution is -2.54. The van der Waals surface area contributed by atoms with Crippen molar-refractivity contribution in [3.8, 4) is 67.0 Å². The zero-order valence-corrected chi connectivity index (χ0v) is 77.5. The fourth-order valence-electron chi connectivity index (χ4n) is 21.4.